The first kappa shape index (κ1) is 26.5. The summed E-state index contributed by atoms with van der Waals surface area (Å²) >= 11 is 10.1. The minimum Gasteiger partial charge on any atom is -0.490 e. The van der Waals surface area contributed by atoms with Crippen molar-refractivity contribution in [1.82, 2.24) is 10.4 Å². The van der Waals surface area contributed by atoms with Crippen molar-refractivity contribution in [2.24, 2.45) is 23.2 Å². The molecule has 8 nitrogen and oxygen atoms in total. The summed E-state index contributed by atoms with van der Waals surface area (Å²) in [5.41, 5.74) is 3.18. The van der Waals surface area contributed by atoms with E-state index in [4.69, 9.17) is 21.7 Å². The van der Waals surface area contributed by atoms with Crippen LogP contribution in [0.4, 0.5) is 0 Å². The number of thiocarbonyl (C=S) groups is 1. The molecule has 0 atom stereocenters. The average Bonchev–Trinajstić information content (AvgIpc) is 3.10. The summed E-state index contributed by atoms with van der Waals surface area (Å²) in [5, 5.41) is 1.22. The van der Waals surface area contributed by atoms with E-state index in [9.17, 15) is 14.4 Å². The van der Waals surface area contributed by atoms with E-state index < -0.39 is 5.97 Å². The molecular formula is C26H29BrN2O6S2. The quantitative estimate of drug-likeness (QED) is 0.254. The van der Waals surface area contributed by atoms with Gasteiger partial charge in [0, 0.05) is 0 Å². The Hall–Kier alpha value is -2.11. The van der Waals surface area contributed by atoms with E-state index >= 15 is 0 Å². The van der Waals surface area contributed by atoms with Crippen molar-refractivity contribution in [3.05, 3.63) is 27.1 Å². The van der Waals surface area contributed by atoms with Crippen molar-refractivity contribution in [2.45, 2.75) is 45.4 Å². The van der Waals surface area contributed by atoms with Crippen LogP contribution < -0.4 is 14.9 Å². The number of nitrogens with zero attached hydrogens (tertiary/aromatic N) is 1. The second-order valence-electron chi connectivity index (χ2n) is 10.3. The SMILES string of the molecule is CCOc1cc(/C=C2\SC(=S)N(NC(=O)C34CC5CC(CC(C5)C3)C4)C2=O)cc(Br)c1OCC(=O)OC. The molecule has 0 unspecified atom stereocenters. The van der Waals surface area contributed by atoms with Gasteiger partial charge in [-0.05, 0) is 115 Å². The lowest BCUT2D eigenvalue weighted by molar-refractivity contribution is -0.152. The molecule has 37 heavy (non-hydrogen) atoms. The van der Waals surface area contributed by atoms with Crippen LogP contribution in [0.1, 0.15) is 51.0 Å². The second kappa shape index (κ2) is 10.6. The number of carbonyl (C=O) groups is 3. The van der Waals surface area contributed by atoms with E-state index in [0.717, 1.165) is 31.0 Å². The third-order valence-corrected chi connectivity index (χ3v) is 9.61. The molecule has 0 radical (unpaired) electrons. The molecule has 11 heteroatoms. The minimum absolute atomic E-state index is 0.0716. The predicted octanol–water partition coefficient (Wildman–Crippen LogP) is 4.85. The van der Waals surface area contributed by atoms with Crippen LogP contribution in [0, 0.1) is 23.2 Å². The Bertz CT molecular complexity index is 1150. The fraction of sp³-hybridized carbons (Fsp3) is 0.538. The van der Waals surface area contributed by atoms with Gasteiger partial charge in [0.25, 0.3) is 5.91 Å². The van der Waals surface area contributed by atoms with E-state index in [2.05, 4.69) is 26.1 Å². The van der Waals surface area contributed by atoms with E-state index in [0.29, 0.717) is 55.1 Å². The van der Waals surface area contributed by atoms with E-state index in [1.54, 1.807) is 18.2 Å². The Kier molecular flexibility index (Phi) is 7.57. The lowest BCUT2D eigenvalue weighted by Gasteiger charge is -2.55. The van der Waals surface area contributed by atoms with Crippen molar-refractivity contribution in [3.8, 4) is 11.5 Å². The summed E-state index contributed by atoms with van der Waals surface area (Å²) in [4.78, 5) is 38.7. The monoisotopic (exact) mass is 608 g/mol. The number of esters is 1. The summed E-state index contributed by atoms with van der Waals surface area (Å²) in [6.45, 7) is 1.95. The van der Waals surface area contributed by atoms with Gasteiger partial charge in [-0.3, -0.25) is 15.0 Å². The van der Waals surface area contributed by atoms with Gasteiger partial charge in [-0.2, -0.15) is 5.01 Å². The number of rotatable bonds is 8. The number of methoxy groups -OCH3 is 1. The van der Waals surface area contributed by atoms with E-state index in [1.807, 2.05) is 6.92 Å². The number of hydrogen-bond donors (Lipinski definition) is 1. The van der Waals surface area contributed by atoms with Gasteiger partial charge < -0.3 is 14.2 Å². The number of ether oxygens (including phenoxy) is 3. The normalized spacial score (nSPS) is 29.1. The van der Waals surface area contributed by atoms with Crippen LogP contribution in [-0.4, -0.2) is 47.4 Å². The number of hydrogen-bond acceptors (Lipinski definition) is 8. The largest absolute Gasteiger partial charge is 0.490 e. The molecular weight excluding hydrogens is 580 g/mol. The maximum atomic E-state index is 13.5. The van der Waals surface area contributed by atoms with Gasteiger partial charge in [0.2, 0.25) is 5.91 Å². The Morgan fingerprint density at radius 3 is 2.43 bits per heavy atom. The van der Waals surface area contributed by atoms with Crippen LogP contribution in [-0.2, 0) is 19.1 Å². The Morgan fingerprint density at radius 2 is 1.84 bits per heavy atom. The average molecular weight is 610 g/mol. The molecule has 1 N–H and O–H groups in total. The highest BCUT2D eigenvalue weighted by molar-refractivity contribution is 9.10. The maximum Gasteiger partial charge on any atom is 0.343 e. The second-order valence-corrected chi connectivity index (χ2v) is 12.8. The van der Waals surface area contributed by atoms with Gasteiger partial charge in [-0.25, -0.2) is 4.79 Å². The standard InChI is InChI=1S/C26H29BrN2O6S2/c1-3-34-19-8-14(7-18(27)22(19)35-13-21(30)33-2)9-20-23(31)29(25(36)37-20)28-24(32)26-10-15-4-16(11-26)6-17(5-15)12-26/h7-9,15-17H,3-6,10-13H2,1-2H3,(H,28,32)/b20-9-. The minimum atomic E-state index is -0.516. The zero-order valence-electron chi connectivity index (χ0n) is 20.7. The summed E-state index contributed by atoms with van der Waals surface area (Å²) < 4.78 is 16.8. The summed E-state index contributed by atoms with van der Waals surface area (Å²) in [7, 11) is 1.29. The first-order chi connectivity index (χ1) is 17.7. The number of carbonyl (C=O) groups excluding carboxylic acids is 3. The molecule has 5 aliphatic rings. The zero-order valence-corrected chi connectivity index (χ0v) is 23.9. The smallest absolute Gasteiger partial charge is 0.343 e. The van der Waals surface area contributed by atoms with Crippen LogP contribution in [0.2, 0.25) is 0 Å². The first-order valence-corrected chi connectivity index (χ1v) is 14.5. The van der Waals surface area contributed by atoms with Crippen LogP contribution in [0.5, 0.6) is 11.5 Å². The number of hydrazine groups is 1. The van der Waals surface area contributed by atoms with Crippen LogP contribution in [0.3, 0.4) is 0 Å². The van der Waals surface area contributed by atoms with Crippen molar-refractivity contribution in [2.75, 3.05) is 20.3 Å². The Labute approximate surface area is 233 Å². The molecule has 4 saturated carbocycles. The van der Waals surface area contributed by atoms with E-state index in [-0.39, 0.29) is 23.8 Å². The molecule has 6 rings (SSSR count). The topological polar surface area (TPSA) is 94.2 Å². The molecule has 1 aromatic carbocycles. The van der Waals surface area contributed by atoms with Crippen LogP contribution in [0.25, 0.3) is 6.08 Å². The van der Waals surface area contributed by atoms with E-state index in [1.165, 1.54) is 31.4 Å². The molecule has 198 valence electrons. The fourth-order valence-electron chi connectivity index (χ4n) is 6.59. The first-order valence-electron chi connectivity index (χ1n) is 12.5. The number of amides is 2. The third kappa shape index (κ3) is 5.27. The summed E-state index contributed by atoms with van der Waals surface area (Å²) in [6.07, 6.45) is 8.15. The molecule has 4 aliphatic carbocycles. The summed E-state index contributed by atoms with van der Waals surface area (Å²) in [6, 6.07) is 3.48. The van der Waals surface area contributed by atoms with Gasteiger partial charge in [0.15, 0.2) is 22.4 Å². The Balaban J connectivity index is 1.32. The molecule has 0 aromatic heterocycles. The molecule has 5 fully saturated rings. The molecule has 0 spiro atoms. The predicted molar refractivity (Wildman–Crippen MR) is 147 cm³/mol. The highest BCUT2D eigenvalue weighted by Gasteiger charge is 2.55. The molecule has 1 heterocycles. The Morgan fingerprint density at radius 1 is 1.19 bits per heavy atom. The molecule has 1 aliphatic heterocycles. The molecule has 2 amide bonds. The zero-order chi connectivity index (χ0) is 26.3. The number of nitrogens with one attached hydrogen (secondary N) is 1. The molecule has 1 saturated heterocycles. The van der Waals surface area contributed by atoms with Crippen molar-refractivity contribution >= 4 is 68.1 Å². The highest BCUT2D eigenvalue weighted by atomic mass is 79.9. The van der Waals surface area contributed by atoms with Crippen molar-refractivity contribution in [1.29, 1.82) is 0 Å². The highest BCUT2D eigenvalue weighted by Crippen LogP contribution is 2.60. The van der Waals surface area contributed by atoms with Gasteiger partial charge in [0.1, 0.15) is 0 Å². The van der Waals surface area contributed by atoms with Gasteiger partial charge >= 0.3 is 5.97 Å². The van der Waals surface area contributed by atoms with Crippen molar-refractivity contribution in [3.63, 3.8) is 0 Å². The van der Waals surface area contributed by atoms with Crippen LogP contribution >= 0.6 is 39.9 Å². The van der Waals surface area contributed by atoms with Crippen molar-refractivity contribution < 1.29 is 28.6 Å². The number of thioether (sulfide) groups is 1. The van der Waals surface area contributed by atoms with Gasteiger partial charge in [-0.1, -0.05) is 11.8 Å². The van der Waals surface area contributed by atoms with Gasteiger partial charge in [0.05, 0.1) is 28.5 Å². The number of benzene rings is 1. The lowest BCUT2D eigenvalue weighted by Crippen LogP contribution is -2.57. The maximum absolute atomic E-state index is 13.5. The summed E-state index contributed by atoms with van der Waals surface area (Å²) in [5.74, 6) is 1.71. The molecule has 1 aromatic rings. The lowest BCUT2D eigenvalue weighted by atomic mass is 9.49. The third-order valence-electron chi connectivity index (χ3n) is 7.72. The van der Waals surface area contributed by atoms with Crippen LogP contribution in [0.15, 0.2) is 21.5 Å². The molecule has 4 bridgehead atoms. The fourth-order valence-corrected chi connectivity index (χ4v) is 8.34. The number of halogens is 1. The van der Waals surface area contributed by atoms with Gasteiger partial charge in [-0.15, -0.1) is 0 Å².